The summed E-state index contributed by atoms with van der Waals surface area (Å²) in [5.74, 6) is 0.949. The Kier molecular flexibility index (Phi) is 6.93. The Morgan fingerprint density at radius 1 is 1.13 bits per heavy atom. The van der Waals surface area contributed by atoms with E-state index in [1.54, 1.807) is 6.92 Å². The number of benzene rings is 2. The Bertz CT molecular complexity index is 1020. The molecule has 0 unspecified atom stereocenters. The lowest BCUT2D eigenvalue weighted by atomic mass is 9.94. The van der Waals surface area contributed by atoms with Gasteiger partial charge >= 0.3 is 0 Å². The van der Waals surface area contributed by atoms with Crippen molar-refractivity contribution in [3.05, 3.63) is 64.0 Å². The van der Waals surface area contributed by atoms with E-state index in [0.29, 0.717) is 25.8 Å². The third-order valence-corrected chi connectivity index (χ3v) is 6.03. The minimum Gasteiger partial charge on any atom is -0.393 e. The van der Waals surface area contributed by atoms with Gasteiger partial charge in [-0.3, -0.25) is 4.79 Å². The van der Waals surface area contributed by atoms with E-state index < -0.39 is 6.10 Å². The van der Waals surface area contributed by atoms with Crippen LogP contribution in [0.5, 0.6) is 0 Å². The third-order valence-electron chi connectivity index (χ3n) is 6.03. The molecule has 0 radical (unpaired) electrons. The van der Waals surface area contributed by atoms with Gasteiger partial charge in [-0.1, -0.05) is 18.2 Å². The molecule has 0 bridgehead atoms. The van der Waals surface area contributed by atoms with Crippen molar-refractivity contribution in [3.8, 4) is 0 Å². The van der Waals surface area contributed by atoms with Crippen molar-refractivity contribution < 1.29 is 9.90 Å². The highest BCUT2D eigenvalue weighted by molar-refractivity contribution is 5.77. The molecule has 2 aromatic carbocycles. The summed E-state index contributed by atoms with van der Waals surface area (Å²) in [4.78, 5) is 16.9. The number of aryl methyl sites for hydroxylation is 2. The quantitative estimate of drug-likeness (QED) is 0.590. The fraction of sp³-hybridized carbons (Fsp3) is 0.440. The fourth-order valence-corrected chi connectivity index (χ4v) is 3.93. The zero-order valence-corrected chi connectivity index (χ0v) is 18.7. The molecule has 0 saturated carbocycles. The number of carbonyl (C=O) groups excluding carboxylic acids is 1. The molecule has 0 fully saturated rings. The first-order chi connectivity index (χ1) is 14.3. The van der Waals surface area contributed by atoms with Crippen LogP contribution in [0.25, 0.3) is 11.0 Å². The molecule has 0 aliphatic heterocycles. The number of nitrogens with zero attached hydrogens (tertiary/aromatic N) is 2. The van der Waals surface area contributed by atoms with Crippen molar-refractivity contribution in [3.63, 3.8) is 0 Å². The number of nitrogens with one attached hydrogen (secondary N) is 1. The van der Waals surface area contributed by atoms with Crippen LogP contribution in [0.3, 0.4) is 0 Å². The first kappa shape index (κ1) is 22.0. The zero-order valence-electron chi connectivity index (χ0n) is 18.7. The maximum absolute atomic E-state index is 12.0. The fourth-order valence-electron chi connectivity index (χ4n) is 3.93. The van der Waals surface area contributed by atoms with E-state index in [0.717, 1.165) is 23.4 Å². The number of para-hydroxylation sites is 2. The smallest absolute Gasteiger partial charge is 0.220 e. The highest BCUT2D eigenvalue weighted by Gasteiger charge is 2.15. The van der Waals surface area contributed by atoms with Crippen molar-refractivity contribution >= 4 is 16.9 Å². The van der Waals surface area contributed by atoms with Crippen molar-refractivity contribution in [2.75, 3.05) is 6.54 Å². The molecule has 0 saturated heterocycles. The van der Waals surface area contributed by atoms with Crippen LogP contribution in [-0.4, -0.2) is 33.2 Å². The zero-order chi connectivity index (χ0) is 21.8. The second kappa shape index (κ2) is 9.43. The molecule has 5 heteroatoms. The Labute approximate surface area is 179 Å². The molecule has 1 atom stereocenters. The highest BCUT2D eigenvalue weighted by Crippen LogP contribution is 2.25. The van der Waals surface area contributed by atoms with E-state index in [9.17, 15) is 9.90 Å². The number of hydrogen-bond acceptors (Lipinski definition) is 3. The van der Waals surface area contributed by atoms with Crippen molar-refractivity contribution in [2.45, 2.75) is 66.5 Å². The van der Waals surface area contributed by atoms with Gasteiger partial charge in [-0.05, 0) is 81.0 Å². The molecule has 160 valence electrons. The van der Waals surface area contributed by atoms with E-state index >= 15 is 0 Å². The van der Waals surface area contributed by atoms with E-state index in [1.807, 2.05) is 18.2 Å². The molecular formula is C25H33N3O2. The lowest BCUT2D eigenvalue weighted by Crippen LogP contribution is -2.27. The summed E-state index contributed by atoms with van der Waals surface area (Å²) < 4.78 is 2.28. The summed E-state index contributed by atoms with van der Waals surface area (Å²) >= 11 is 0. The van der Waals surface area contributed by atoms with E-state index in [4.69, 9.17) is 4.98 Å². The Balaban J connectivity index is 1.85. The van der Waals surface area contributed by atoms with Crippen LogP contribution >= 0.6 is 0 Å². The first-order valence-corrected chi connectivity index (χ1v) is 10.7. The standard InChI is InChI=1S/C25H33N3O2/c1-16-14-17(2)20(5)21(19(16)4)15-28-23-9-7-6-8-22(23)27-24(28)12-13-26-25(30)11-10-18(3)29/h6-9,14,18,29H,10-13,15H2,1-5H3,(H,26,30)/t18-/m0/s1. The van der Waals surface area contributed by atoms with E-state index in [2.05, 4.69) is 49.7 Å². The maximum Gasteiger partial charge on any atom is 0.220 e. The number of imidazole rings is 1. The van der Waals surface area contributed by atoms with Crippen LogP contribution in [0.2, 0.25) is 0 Å². The van der Waals surface area contributed by atoms with Gasteiger partial charge in [0.25, 0.3) is 0 Å². The minimum atomic E-state index is -0.454. The van der Waals surface area contributed by atoms with Gasteiger partial charge < -0.3 is 15.0 Å². The van der Waals surface area contributed by atoms with Gasteiger partial charge in [-0.2, -0.15) is 0 Å². The number of aliphatic hydroxyl groups is 1. The Morgan fingerprint density at radius 3 is 2.47 bits per heavy atom. The van der Waals surface area contributed by atoms with Gasteiger partial charge in [0.2, 0.25) is 5.91 Å². The molecule has 0 aliphatic carbocycles. The van der Waals surface area contributed by atoms with Crippen LogP contribution in [-0.2, 0) is 17.8 Å². The molecule has 2 N–H and O–H groups in total. The SMILES string of the molecule is Cc1cc(C)c(C)c(Cn2c(CCNC(=O)CC[C@H](C)O)nc3ccccc32)c1C. The Morgan fingerprint density at radius 2 is 1.80 bits per heavy atom. The second-order valence-electron chi connectivity index (χ2n) is 8.33. The van der Waals surface area contributed by atoms with Gasteiger partial charge in [0.1, 0.15) is 5.82 Å². The average Bonchev–Trinajstić information content (AvgIpc) is 3.05. The normalized spacial score (nSPS) is 12.3. The van der Waals surface area contributed by atoms with Gasteiger partial charge in [0.05, 0.1) is 17.1 Å². The topological polar surface area (TPSA) is 67.2 Å². The number of fused-ring (bicyclic) bond motifs is 1. The van der Waals surface area contributed by atoms with Crippen LogP contribution < -0.4 is 5.32 Å². The van der Waals surface area contributed by atoms with Crippen LogP contribution in [0.1, 0.15) is 53.4 Å². The first-order valence-electron chi connectivity index (χ1n) is 10.7. The molecule has 5 nitrogen and oxygen atoms in total. The largest absolute Gasteiger partial charge is 0.393 e. The van der Waals surface area contributed by atoms with Gasteiger partial charge in [-0.25, -0.2) is 4.98 Å². The van der Waals surface area contributed by atoms with Crippen LogP contribution in [0.15, 0.2) is 30.3 Å². The molecule has 3 rings (SSSR count). The second-order valence-corrected chi connectivity index (χ2v) is 8.33. The molecule has 1 heterocycles. The summed E-state index contributed by atoms with van der Waals surface area (Å²) in [6, 6.07) is 10.5. The predicted octanol–water partition coefficient (Wildman–Crippen LogP) is 4.14. The van der Waals surface area contributed by atoms with Crippen molar-refractivity contribution in [1.29, 1.82) is 0 Å². The van der Waals surface area contributed by atoms with Crippen LogP contribution in [0.4, 0.5) is 0 Å². The molecule has 30 heavy (non-hydrogen) atoms. The summed E-state index contributed by atoms with van der Waals surface area (Å²) in [6.07, 6.45) is 1.03. The number of rotatable bonds is 8. The number of aromatic nitrogens is 2. The number of hydrogen-bond donors (Lipinski definition) is 2. The average molecular weight is 408 g/mol. The number of aliphatic hydroxyl groups excluding tert-OH is 1. The monoisotopic (exact) mass is 407 g/mol. The number of carbonyl (C=O) groups is 1. The van der Waals surface area contributed by atoms with E-state index in [-0.39, 0.29) is 5.91 Å². The minimum absolute atomic E-state index is 0.0282. The van der Waals surface area contributed by atoms with Gasteiger partial charge in [0, 0.05) is 25.9 Å². The molecule has 1 aromatic heterocycles. The lowest BCUT2D eigenvalue weighted by Gasteiger charge is -2.18. The molecule has 0 aliphatic rings. The van der Waals surface area contributed by atoms with E-state index in [1.165, 1.54) is 27.8 Å². The van der Waals surface area contributed by atoms with Crippen molar-refractivity contribution in [1.82, 2.24) is 14.9 Å². The third kappa shape index (κ3) is 4.90. The Hall–Kier alpha value is -2.66. The summed E-state index contributed by atoms with van der Waals surface area (Å²) in [5, 5.41) is 12.3. The molecule has 0 spiro atoms. The highest BCUT2D eigenvalue weighted by atomic mass is 16.3. The lowest BCUT2D eigenvalue weighted by molar-refractivity contribution is -0.121. The molecule has 1 amide bonds. The molecule has 3 aromatic rings. The summed E-state index contributed by atoms with van der Waals surface area (Å²) in [5.41, 5.74) is 8.71. The van der Waals surface area contributed by atoms with Gasteiger partial charge in [-0.15, -0.1) is 0 Å². The van der Waals surface area contributed by atoms with Crippen LogP contribution in [0, 0.1) is 27.7 Å². The predicted molar refractivity (Wildman–Crippen MR) is 122 cm³/mol. The number of amides is 1. The van der Waals surface area contributed by atoms with Gasteiger partial charge in [0.15, 0.2) is 0 Å². The summed E-state index contributed by atoms with van der Waals surface area (Å²) in [7, 11) is 0. The molecular weight excluding hydrogens is 374 g/mol. The van der Waals surface area contributed by atoms with Crippen molar-refractivity contribution in [2.24, 2.45) is 0 Å². The maximum atomic E-state index is 12.0. The summed E-state index contributed by atoms with van der Waals surface area (Å²) in [6.45, 7) is 11.7.